The molecular weight excluding hydrogens is 661 g/mol. The Labute approximate surface area is 289 Å². The highest BCUT2D eigenvalue weighted by Crippen LogP contribution is 2.38. The number of anilines is 2. The number of amides is 4. The Morgan fingerprint density at radius 2 is 1.59 bits per heavy atom. The van der Waals surface area contributed by atoms with Crippen LogP contribution in [0, 0.1) is 5.92 Å². The molecular formula is C35H44ClF3N6O4. The fourth-order valence-electron chi connectivity index (χ4n) is 7.71. The normalized spacial score (nSPS) is 20.8. The summed E-state index contributed by atoms with van der Waals surface area (Å²) in [5.74, 6) is -1.35. The number of fused-ring (bicyclic) bond motifs is 1. The first kappa shape index (κ1) is 35.3. The van der Waals surface area contributed by atoms with Crippen molar-refractivity contribution in [2.75, 3.05) is 70.1 Å². The highest BCUT2D eigenvalue weighted by atomic mass is 35.5. The van der Waals surface area contributed by atoms with Crippen molar-refractivity contribution in [3.63, 3.8) is 0 Å². The molecule has 4 amide bonds. The molecule has 266 valence electrons. The van der Waals surface area contributed by atoms with Gasteiger partial charge in [-0.05, 0) is 67.9 Å². The molecule has 10 nitrogen and oxygen atoms in total. The number of rotatable bonds is 7. The SMILES string of the molecule is Nc1c(Cl)cc(C[C@@H](CC(=O)N2CCC(N3CCc4ccccc4NC3=O)CC2)C(=O)N2CCC(N3CCOCC3)CC2)cc1C(F)(F)F. The van der Waals surface area contributed by atoms with Crippen molar-refractivity contribution in [3.8, 4) is 0 Å². The number of hydrogen-bond acceptors (Lipinski definition) is 6. The summed E-state index contributed by atoms with van der Waals surface area (Å²) in [7, 11) is 0. The van der Waals surface area contributed by atoms with Crippen LogP contribution >= 0.6 is 11.6 Å². The summed E-state index contributed by atoms with van der Waals surface area (Å²) < 4.78 is 46.9. The van der Waals surface area contributed by atoms with Gasteiger partial charge in [0, 0.05) is 70.0 Å². The molecule has 0 radical (unpaired) electrons. The number of alkyl halides is 3. The minimum atomic E-state index is -4.72. The van der Waals surface area contributed by atoms with Crippen LogP contribution in [0.25, 0.3) is 0 Å². The molecule has 49 heavy (non-hydrogen) atoms. The van der Waals surface area contributed by atoms with Gasteiger partial charge in [0.2, 0.25) is 11.8 Å². The van der Waals surface area contributed by atoms with Crippen LogP contribution in [0.1, 0.15) is 48.8 Å². The van der Waals surface area contributed by atoms with E-state index in [1.165, 1.54) is 6.07 Å². The lowest BCUT2D eigenvalue weighted by atomic mass is 9.91. The zero-order valence-electron chi connectivity index (χ0n) is 27.5. The zero-order chi connectivity index (χ0) is 34.7. The summed E-state index contributed by atoms with van der Waals surface area (Å²) in [5, 5.41) is 2.77. The maximum Gasteiger partial charge on any atom is 0.418 e. The zero-order valence-corrected chi connectivity index (χ0v) is 28.3. The van der Waals surface area contributed by atoms with Gasteiger partial charge in [0.25, 0.3) is 0 Å². The average Bonchev–Trinajstić information content (AvgIpc) is 3.27. The topological polar surface area (TPSA) is 111 Å². The molecule has 3 saturated heterocycles. The maximum absolute atomic E-state index is 14.0. The van der Waals surface area contributed by atoms with Crippen LogP contribution in [0.4, 0.5) is 29.3 Å². The van der Waals surface area contributed by atoms with Crippen LogP contribution in [-0.4, -0.2) is 109 Å². The minimum Gasteiger partial charge on any atom is -0.397 e. The number of halogens is 4. The summed E-state index contributed by atoms with van der Waals surface area (Å²) in [6, 6.07) is 10.2. The van der Waals surface area contributed by atoms with Crippen molar-refractivity contribution in [1.29, 1.82) is 0 Å². The molecule has 4 aliphatic rings. The van der Waals surface area contributed by atoms with Gasteiger partial charge in [-0.25, -0.2) is 4.79 Å². The molecule has 1 atom stereocenters. The second-order valence-corrected chi connectivity index (χ2v) is 13.9. The van der Waals surface area contributed by atoms with Gasteiger partial charge in [-0.2, -0.15) is 13.2 Å². The van der Waals surface area contributed by atoms with Crippen LogP contribution in [0.3, 0.4) is 0 Å². The summed E-state index contributed by atoms with van der Waals surface area (Å²) in [5.41, 5.74) is 6.15. The van der Waals surface area contributed by atoms with Gasteiger partial charge in [0.05, 0.1) is 35.4 Å². The number of hydrogen-bond donors (Lipinski definition) is 2. The van der Waals surface area contributed by atoms with Crippen LogP contribution in [0.5, 0.6) is 0 Å². The molecule has 0 saturated carbocycles. The van der Waals surface area contributed by atoms with Gasteiger partial charge in [-0.15, -0.1) is 0 Å². The van der Waals surface area contributed by atoms with Crippen molar-refractivity contribution in [2.45, 2.75) is 63.2 Å². The number of para-hydroxylation sites is 1. The smallest absolute Gasteiger partial charge is 0.397 e. The van der Waals surface area contributed by atoms with Gasteiger partial charge >= 0.3 is 12.2 Å². The van der Waals surface area contributed by atoms with E-state index in [9.17, 15) is 27.6 Å². The molecule has 0 spiro atoms. The van der Waals surface area contributed by atoms with Crippen LogP contribution in [0.2, 0.25) is 5.02 Å². The molecule has 4 heterocycles. The number of nitrogens with one attached hydrogen (secondary N) is 1. The number of nitrogen functional groups attached to an aromatic ring is 1. The Bertz CT molecular complexity index is 1520. The molecule has 0 aliphatic carbocycles. The van der Waals surface area contributed by atoms with Crippen molar-refractivity contribution in [3.05, 3.63) is 58.1 Å². The lowest BCUT2D eigenvalue weighted by Crippen LogP contribution is -2.52. The number of nitrogens with zero attached hydrogens (tertiary/aromatic N) is 4. The van der Waals surface area contributed by atoms with Crippen molar-refractivity contribution < 1.29 is 32.3 Å². The van der Waals surface area contributed by atoms with E-state index in [1.54, 1.807) is 9.80 Å². The Balaban J connectivity index is 1.12. The Kier molecular flexibility index (Phi) is 10.9. The quantitative estimate of drug-likeness (QED) is 0.397. The number of ether oxygens (including phenoxy) is 1. The standard InChI is InChI=1S/C35H44ClF3N6O4/c36-29-21-23(20-28(32(29)40)35(37,38)39)19-25(33(47)44-12-6-26(7-13-44)42-15-17-49-18-16-42)22-31(46)43-10-8-27(9-11-43)45-14-5-24-3-1-2-4-30(24)41-34(45)48/h1-4,20-21,25-27H,5-19,22,40H2,(H,41,48)/t25-/m0/s1. The average molecular weight is 705 g/mol. The van der Waals surface area contributed by atoms with E-state index in [0.717, 1.165) is 49.7 Å². The van der Waals surface area contributed by atoms with Crippen LogP contribution in [0.15, 0.2) is 36.4 Å². The molecule has 0 unspecified atom stereocenters. The Morgan fingerprint density at radius 1 is 0.939 bits per heavy atom. The van der Waals surface area contributed by atoms with Crippen molar-refractivity contribution in [1.82, 2.24) is 19.6 Å². The molecule has 6 rings (SSSR count). The van der Waals surface area contributed by atoms with Gasteiger partial charge in [0.1, 0.15) is 0 Å². The number of likely N-dealkylation sites (tertiary alicyclic amines) is 2. The number of carbonyl (C=O) groups excluding carboxylic acids is 3. The van der Waals surface area contributed by atoms with Gasteiger partial charge in [-0.3, -0.25) is 14.5 Å². The summed E-state index contributed by atoms with van der Waals surface area (Å²) in [4.78, 5) is 48.6. The molecule has 3 N–H and O–H groups in total. The third-order valence-corrected chi connectivity index (χ3v) is 10.8. The summed E-state index contributed by atoms with van der Waals surface area (Å²) >= 11 is 6.14. The molecule has 0 bridgehead atoms. The number of piperidine rings is 2. The first-order valence-corrected chi connectivity index (χ1v) is 17.5. The molecule has 4 aliphatic heterocycles. The monoisotopic (exact) mass is 704 g/mol. The lowest BCUT2D eigenvalue weighted by molar-refractivity contribution is -0.143. The molecule has 14 heteroatoms. The third kappa shape index (κ3) is 8.26. The Hall–Kier alpha value is -3.55. The van der Waals surface area contributed by atoms with Crippen molar-refractivity contribution in [2.24, 2.45) is 5.92 Å². The molecule has 3 fully saturated rings. The van der Waals surface area contributed by atoms with Crippen LogP contribution in [-0.2, 0) is 33.3 Å². The number of carbonyl (C=O) groups is 3. The highest BCUT2D eigenvalue weighted by Gasteiger charge is 2.37. The molecule has 2 aromatic carbocycles. The van der Waals surface area contributed by atoms with E-state index < -0.39 is 23.3 Å². The second-order valence-electron chi connectivity index (χ2n) is 13.5. The van der Waals surface area contributed by atoms with E-state index in [4.69, 9.17) is 22.1 Å². The van der Waals surface area contributed by atoms with Gasteiger partial charge in [-0.1, -0.05) is 29.8 Å². The van der Waals surface area contributed by atoms with Gasteiger partial charge < -0.3 is 30.5 Å². The number of nitrogens with two attached hydrogens (primary N) is 1. The third-order valence-electron chi connectivity index (χ3n) is 10.5. The predicted molar refractivity (Wildman–Crippen MR) is 180 cm³/mol. The predicted octanol–water partition coefficient (Wildman–Crippen LogP) is 4.89. The van der Waals surface area contributed by atoms with Crippen LogP contribution < -0.4 is 11.1 Å². The summed E-state index contributed by atoms with van der Waals surface area (Å²) in [6.07, 6.45) is -1.48. The summed E-state index contributed by atoms with van der Waals surface area (Å²) in [6.45, 7) is 5.49. The fraction of sp³-hybridized carbons (Fsp3) is 0.571. The highest BCUT2D eigenvalue weighted by molar-refractivity contribution is 6.33. The fourth-order valence-corrected chi connectivity index (χ4v) is 7.96. The maximum atomic E-state index is 14.0. The lowest BCUT2D eigenvalue weighted by Gasteiger charge is -2.41. The van der Waals surface area contributed by atoms with E-state index in [-0.39, 0.29) is 47.3 Å². The first-order chi connectivity index (χ1) is 23.5. The molecule has 2 aromatic rings. The second kappa shape index (κ2) is 15.1. The number of urea groups is 1. The minimum absolute atomic E-state index is 0.0405. The molecule has 0 aromatic heterocycles. The van der Waals surface area contributed by atoms with E-state index >= 15 is 0 Å². The number of benzene rings is 2. The van der Waals surface area contributed by atoms with E-state index in [1.807, 2.05) is 29.2 Å². The Morgan fingerprint density at radius 3 is 2.29 bits per heavy atom. The largest absolute Gasteiger partial charge is 0.418 e. The van der Waals surface area contributed by atoms with E-state index in [2.05, 4.69) is 10.2 Å². The first-order valence-electron chi connectivity index (χ1n) is 17.2. The van der Waals surface area contributed by atoms with E-state index in [0.29, 0.717) is 64.8 Å². The van der Waals surface area contributed by atoms with Gasteiger partial charge in [0.15, 0.2) is 0 Å². The van der Waals surface area contributed by atoms with Crippen molar-refractivity contribution >= 4 is 40.8 Å². The number of morpholine rings is 1.